The van der Waals surface area contributed by atoms with Crippen LogP contribution < -0.4 is 4.74 Å². The molecule has 0 amide bonds. The van der Waals surface area contributed by atoms with Crippen LogP contribution in [0.4, 0.5) is 0 Å². The lowest BCUT2D eigenvalue weighted by Gasteiger charge is -2.15. The standard InChI is InChI=1S/C12H14Br2O2/c1-8(2)16-11(12(13)14)9-5-4-6-10(7-9)15-3/h4-8H,1-3H3. The number of ether oxygens (including phenoxy) is 2. The molecule has 0 aromatic heterocycles. The summed E-state index contributed by atoms with van der Waals surface area (Å²) < 4.78 is 11.7. The molecule has 0 atom stereocenters. The topological polar surface area (TPSA) is 18.5 Å². The average Bonchev–Trinajstić information content (AvgIpc) is 2.25. The van der Waals surface area contributed by atoms with Gasteiger partial charge in [0.1, 0.15) is 14.9 Å². The Labute approximate surface area is 113 Å². The lowest BCUT2D eigenvalue weighted by Crippen LogP contribution is -2.02. The van der Waals surface area contributed by atoms with Gasteiger partial charge in [0.25, 0.3) is 0 Å². The summed E-state index contributed by atoms with van der Waals surface area (Å²) in [5.41, 5.74) is 0.969. The van der Waals surface area contributed by atoms with E-state index in [1.165, 1.54) is 0 Å². The second-order valence-corrected chi connectivity index (χ2v) is 6.14. The molecule has 0 spiro atoms. The van der Waals surface area contributed by atoms with E-state index in [2.05, 4.69) is 31.9 Å². The Morgan fingerprint density at radius 3 is 2.44 bits per heavy atom. The molecule has 2 nitrogen and oxygen atoms in total. The molecule has 0 unspecified atom stereocenters. The Hall–Kier alpha value is -0.480. The Balaban J connectivity index is 3.07. The van der Waals surface area contributed by atoms with Gasteiger partial charge >= 0.3 is 0 Å². The van der Waals surface area contributed by atoms with Crippen molar-refractivity contribution in [2.75, 3.05) is 7.11 Å². The molecule has 1 rings (SSSR count). The van der Waals surface area contributed by atoms with Gasteiger partial charge in [0.15, 0.2) is 0 Å². The molecule has 0 radical (unpaired) electrons. The van der Waals surface area contributed by atoms with Crippen molar-refractivity contribution in [2.45, 2.75) is 20.0 Å². The van der Waals surface area contributed by atoms with Gasteiger partial charge in [-0.2, -0.15) is 0 Å². The van der Waals surface area contributed by atoms with Gasteiger partial charge in [-0.25, -0.2) is 0 Å². The number of benzene rings is 1. The highest BCUT2D eigenvalue weighted by atomic mass is 79.9. The Kier molecular flexibility index (Phi) is 5.35. The quantitative estimate of drug-likeness (QED) is 0.743. The van der Waals surface area contributed by atoms with E-state index in [1.807, 2.05) is 38.1 Å². The van der Waals surface area contributed by atoms with Crippen molar-refractivity contribution in [2.24, 2.45) is 0 Å². The van der Waals surface area contributed by atoms with Gasteiger partial charge in [-0.1, -0.05) is 12.1 Å². The summed E-state index contributed by atoms with van der Waals surface area (Å²) in [5, 5.41) is 0. The van der Waals surface area contributed by atoms with E-state index in [0.29, 0.717) is 0 Å². The lowest BCUT2D eigenvalue weighted by molar-refractivity contribution is 0.204. The van der Waals surface area contributed by atoms with E-state index in [0.717, 1.165) is 20.5 Å². The molecule has 0 saturated heterocycles. The van der Waals surface area contributed by atoms with Gasteiger partial charge in [0.2, 0.25) is 0 Å². The SMILES string of the molecule is COc1cccc(C(OC(C)C)=C(Br)Br)c1. The minimum Gasteiger partial charge on any atom is -0.497 e. The first-order valence-corrected chi connectivity index (χ1v) is 6.49. The van der Waals surface area contributed by atoms with Crippen molar-refractivity contribution in [3.63, 3.8) is 0 Å². The molecule has 0 aliphatic heterocycles. The molecule has 0 fully saturated rings. The Morgan fingerprint density at radius 1 is 1.25 bits per heavy atom. The van der Waals surface area contributed by atoms with Crippen LogP contribution in [0.2, 0.25) is 0 Å². The van der Waals surface area contributed by atoms with Gasteiger partial charge in [0.05, 0.1) is 13.2 Å². The molecule has 1 aromatic carbocycles. The van der Waals surface area contributed by atoms with Gasteiger partial charge in [-0.15, -0.1) is 0 Å². The van der Waals surface area contributed by atoms with Gasteiger partial charge in [-0.05, 0) is 57.8 Å². The van der Waals surface area contributed by atoms with Crippen LogP contribution in [0.3, 0.4) is 0 Å². The summed E-state index contributed by atoms with van der Waals surface area (Å²) >= 11 is 6.77. The van der Waals surface area contributed by atoms with E-state index < -0.39 is 0 Å². The van der Waals surface area contributed by atoms with Crippen molar-refractivity contribution in [3.05, 3.63) is 33.2 Å². The van der Waals surface area contributed by atoms with Crippen LogP contribution in [-0.4, -0.2) is 13.2 Å². The zero-order valence-electron chi connectivity index (χ0n) is 9.46. The number of hydrogen-bond acceptors (Lipinski definition) is 2. The third-order valence-corrected chi connectivity index (χ3v) is 2.58. The van der Waals surface area contributed by atoms with Crippen LogP contribution in [0.25, 0.3) is 5.76 Å². The first kappa shape index (κ1) is 13.6. The number of methoxy groups -OCH3 is 1. The molecular weight excluding hydrogens is 336 g/mol. The average molecular weight is 350 g/mol. The molecule has 0 aliphatic carbocycles. The van der Waals surface area contributed by atoms with Crippen LogP contribution in [0.5, 0.6) is 5.75 Å². The van der Waals surface area contributed by atoms with E-state index in [9.17, 15) is 0 Å². The maximum atomic E-state index is 5.73. The second kappa shape index (κ2) is 6.30. The molecule has 4 heteroatoms. The number of rotatable bonds is 4. The van der Waals surface area contributed by atoms with E-state index in [4.69, 9.17) is 9.47 Å². The summed E-state index contributed by atoms with van der Waals surface area (Å²) in [6.45, 7) is 3.98. The van der Waals surface area contributed by atoms with Crippen molar-refractivity contribution >= 4 is 37.6 Å². The smallest absolute Gasteiger partial charge is 0.148 e. The van der Waals surface area contributed by atoms with Crippen LogP contribution in [0.15, 0.2) is 27.7 Å². The fourth-order valence-electron chi connectivity index (χ4n) is 1.22. The summed E-state index contributed by atoms with van der Waals surface area (Å²) in [5.74, 6) is 1.58. The zero-order chi connectivity index (χ0) is 12.1. The summed E-state index contributed by atoms with van der Waals surface area (Å²) in [6.07, 6.45) is 0.117. The van der Waals surface area contributed by atoms with Gasteiger partial charge in [-0.3, -0.25) is 0 Å². The molecule has 16 heavy (non-hydrogen) atoms. The predicted molar refractivity (Wildman–Crippen MR) is 74.0 cm³/mol. The van der Waals surface area contributed by atoms with Crippen molar-refractivity contribution in [1.29, 1.82) is 0 Å². The third kappa shape index (κ3) is 3.83. The summed E-state index contributed by atoms with van der Waals surface area (Å²) in [4.78, 5) is 0. The van der Waals surface area contributed by atoms with Gasteiger partial charge in [0, 0.05) is 5.56 Å². The molecule has 0 aliphatic rings. The van der Waals surface area contributed by atoms with E-state index in [1.54, 1.807) is 7.11 Å². The highest BCUT2D eigenvalue weighted by Gasteiger charge is 2.10. The second-order valence-electron chi connectivity index (χ2n) is 3.49. The molecule has 0 N–H and O–H groups in total. The molecular formula is C12H14Br2O2. The zero-order valence-corrected chi connectivity index (χ0v) is 12.6. The molecule has 0 saturated carbocycles. The molecule has 88 valence electrons. The van der Waals surface area contributed by atoms with Crippen molar-refractivity contribution in [1.82, 2.24) is 0 Å². The third-order valence-electron chi connectivity index (χ3n) is 1.86. The van der Waals surface area contributed by atoms with Crippen molar-refractivity contribution < 1.29 is 9.47 Å². The summed E-state index contributed by atoms with van der Waals surface area (Å²) in [6, 6.07) is 7.74. The fraction of sp³-hybridized carbons (Fsp3) is 0.333. The largest absolute Gasteiger partial charge is 0.497 e. The van der Waals surface area contributed by atoms with Crippen LogP contribution in [-0.2, 0) is 4.74 Å². The molecule has 0 heterocycles. The Morgan fingerprint density at radius 2 is 1.94 bits per heavy atom. The van der Waals surface area contributed by atoms with E-state index >= 15 is 0 Å². The maximum Gasteiger partial charge on any atom is 0.148 e. The molecule has 1 aromatic rings. The highest BCUT2D eigenvalue weighted by Crippen LogP contribution is 2.31. The Bertz CT molecular complexity index is 382. The fourth-order valence-corrected chi connectivity index (χ4v) is 1.87. The van der Waals surface area contributed by atoms with E-state index in [-0.39, 0.29) is 6.10 Å². The number of halogens is 2. The van der Waals surface area contributed by atoms with Crippen LogP contribution in [0.1, 0.15) is 19.4 Å². The first-order chi connectivity index (χ1) is 7.54. The number of hydrogen-bond donors (Lipinski definition) is 0. The summed E-state index contributed by atoms with van der Waals surface area (Å²) in [7, 11) is 1.65. The minimum absolute atomic E-state index is 0.117. The first-order valence-electron chi connectivity index (χ1n) is 4.91. The lowest BCUT2D eigenvalue weighted by atomic mass is 10.2. The maximum absolute atomic E-state index is 5.73. The minimum atomic E-state index is 0.117. The van der Waals surface area contributed by atoms with Crippen LogP contribution in [0, 0.1) is 0 Å². The predicted octanol–water partition coefficient (Wildman–Crippen LogP) is 4.54. The van der Waals surface area contributed by atoms with Crippen molar-refractivity contribution in [3.8, 4) is 5.75 Å². The highest BCUT2D eigenvalue weighted by molar-refractivity contribution is 9.28. The monoisotopic (exact) mass is 348 g/mol. The normalized spacial score (nSPS) is 10.1. The van der Waals surface area contributed by atoms with Gasteiger partial charge < -0.3 is 9.47 Å². The van der Waals surface area contributed by atoms with Crippen LogP contribution >= 0.6 is 31.9 Å². The molecule has 0 bridgehead atoms.